The van der Waals surface area contributed by atoms with Crippen molar-refractivity contribution in [2.24, 2.45) is 0 Å². The number of aromatic nitrogens is 1. The second-order valence-corrected chi connectivity index (χ2v) is 5.56. The number of H-pyrrole nitrogens is 1. The maximum absolute atomic E-state index is 11.2. The summed E-state index contributed by atoms with van der Waals surface area (Å²) in [5, 5.41) is 11.1. The van der Waals surface area contributed by atoms with E-state index < -0.39 is 6.16 Å². The second kappa shape index (κ2) is 8.08. The Morgan fingerprint density at radius 1 is 1.38 bits per heavy atom. The number of benzene rings is 1. The van der Waals surface area contributed by atoms with Crippen LogP contribution in [-0.2, 0) is 15.9 Å². The van der Waals surface area contributed by atoms with Crippen molar-refractivity contribution in [3.63, 3.8) is 0 Å². The largest absolute Gasteiger partial charge is 0.513 e. The zero-order valence-electron chi connectivity index (χ0n) is 13.4. The predicted molar refractivity (Wildman–Crippen MR) is 93.5 cm³/mol. The lowest BCUT2D eigenvalue weighted by Gasteiger charge is -2.27. The molecule has 1 aromatic carbocycles. The fourth-order valence-electron chi connectivity index (χ4n) is 2.82. The molecule has 0 radical (unpaired) electrons. The first-order valence-electron chi connectivity index (χ1n) is 7.61. The minimum atomic E-state index is -0.801. The lowest BCUT2D eigenvalue weighted by Crippen LogP contribution is -2.34. The number of nitrogens with zero attached hydrogens (tertiary/aromatic N) is 1. The third-order valence-corrected chi connectivity index (χ3v) is 4.10. The number of methoxy groups -OCH3 is 1. The molecule has 2 heterocycles. The molecule has 24 heavy (non-hydrogen) atoms. The van der Waals surface area contributed by atoms with E-state index in [0.29, 0.717) is 13.0 Å². The van der Waals surface area contributed by atoms with E-state index in [1.807, 2.05) is 18.3 Å². The minimum absolute atomic E-state index is 0. The number of nitrogens with one attached hydrogen (secondary N) is 1. The van der Waals surface area contributed by atoms with Crippen molar-refractivity contribution < 1.29 is 19.4 Å². The normalized spacial score (nSPS) is 15.2. The van der Waals surface area contributed by atoms with Crippen LogP contribution in [-0.4, -0.2) is 47.9 Å². The van der Waals surface area contributed by atoms with E-state index in [9.17, 15) is 9.90 Å². The van der Waals surface area contributed by atoms with Crippen LogP contribution >= 0.6 is 12.4 Å². The molecule has 0 unspecified atom stereocenters. The smallest absolute Gasteiger partial charge is 0.509 e. The molecule has 0 fully saturated rings. The van der Waals surface area contributed by atoms with Crippen LogP contribution in [0.1, 0.15) is 12.0 Å². The van der Waals surface area contributed by atoms with Crippen LogP contribution in [0.15, 0.2) is 42.0 Å². The Labute approximate surface area is 146 Å². The van der Waals surface area contributed by atoms with E-state index in [4.69, 9.17) is 4.74 Å². The van der Waals surface area contributed by atoms with Gasteiger partial charge in [-0.1, -0.05) is 18.2 Å². The van der Waals surface area contributed by atoms with Gasteiger partial charge in [0.2, 0.25) is 0 Å². The van der Waals surface area contributed by atoms with Gasteiger partial charge in [-0.2, -0.15) is 0 Å². The van der Waals surface area contributed by atoms with Crippen LogP contribution < -0.4 is 0 Å². The van der Waals surface area contributed by atoms with E-state index in [-0.39, 0.29) is 23.9 Å². The summed E-state index contributed by atoms with van der Waals surface area (Å²) in [5.74, 6) is 0.403. The van der Waals surface area contributed by atoms with Crippen LogP contribution in [0.4, 0.5) is 4.79 Å². The topological polar surface area (TPSA) is 74.8 Å². The Morgan fingerprint density at radius 2 is 2.17 bits per heavy atom. The molecule has 0 atom stereocenters. The average Bonchev–Trinajstić information content (AvgIpc) is 2.98. The lowest BCUT2D eigenvalue weighted by atomic mass is 10.1. The zero-order valence-corrected chi connectivity index (χ0v) is 14.3. The van der Waals surface area contributed by atoms with Gasteiger partial charge in [0.25, 0.3) is 0 Å². The molecule has 0 spiro atoms. The molecule has 3 rings (SSSR count). The van der Waals surface area contributed by atoms with Gasteiger partial charge in [-0.25, -0.2) is 4.79 Å². The first-order chi connectivity index (χ1) is 11.2. The number of aromatic amines is 1. The molecule has 2 aromatic rings. The summed E-state index contributed by atoms with van der Waals surface area (Å²) in [6.45, 7) is 1.97. The van der Waals surface area contributed by atoms with Crippen LogP contribution in [0.5, 0.6) is 0 Å². The van der Waals surface area contributed by atoms with Crippen LogP contribution in [0.25, 0.3) is 10.9 Å². The first-order valence-corrected chi connectivity index (χ1v) is 7.61. The summed E-state index contributed by atoms with van der Waals surface area (Å²) in [5.41, 5.74) is 2.39. The van der Waals surface area contributed by atoms with Gasteiger partial charge in [0.05, 0.1) is 13.7 Å². The third kappa shape index (κ3) is 4.01. The molecule has 0 saturated carbocycles. The number of rotatable bonds is 4. The Bertz CT molecular complexity index is 741. The number of carbonyl (C=O) groups excluding carboxylic acids is 1. The van der Waals surface area contributed by atoms with Gasteiger partial charge in [0, 0.05) is 36.6 Å². The minimum Gasteiger partial charge on any atom is -0.509 e. The average molecular weight is 353 g/mol. The SMILES string of the molecule is COC(=O)OC1=C(O)CCN(CCc2c[nH]c3ccccc23)C1.Cl. The molecule has 0 saturated heterocycles. The summed E-state index contributed by atoms with van der Waals surface area (Å²) in [6, 6.07) is 8.21. The summed E-state index contributed by atoms with van der Waals surface area (Å²) < 4.78 is 9.49. The molecule has 130 valence electrons. The van der Waals surface area contributed by atoms with Gasteiger partial charge in [0.1, 0.15) is 5.76 Å². The van der Waals surface area contributed by atoms with Gasteiger partial charge in [0.15, 0.2) is 5.76 Å². The molecule has 6 nitrogen and oxygen atoms in total. The van der Waals surface area contributed by atoms with Crippen molar-refractivity contribution in [2.75, 3.05) is 26.7 Å². The highest BCUT2D eigenvalue weighted by atomic mass is 35.5. The Balaban J connectivity index is 0.00000208. The fraction of sp³-hybridized carbons (Fsp3) is 0.353. The number of para-hydroxylation sites is 1. The van der Waals surface area contributed by atoms with Crippen LogP contribution in [0.2, 0.25) is 0 Å². The molecule has 0 bridgehead atoms. The number of aliphatic hydroxyl groups excluding tert-OH is 1. The van der Waals surface area contributed by atoms with Crippen molar-refractivity contribution in [3.05, 3.63) is 47.5 Å². The number of hydrogen-bond donors (Lipinski definition) is 2. The first kappa shape index (κ1) is 18.2. The van der Waals surface area contributed by atoms with Crippen molar-refractivity contribution in [3.8, 4) is 0 Å². The summed E-state index contributed by atoms with van der Waals surface area (Å²) in [6.07, 6.45) is 2.59. The van der Waals surface area contributed by atoms with Crippen LogP contribution in [0, 0.1) is 0 Å². The second-order valence-electron chi connectivity index (χ2n) is 5.56. The molecule has 2 N–H and O–H groups in total. The summed E-state index contributed by atoms with van der Waals surface area (Å²) in [7, 11) is 1.25. The quantitative estimate of drug-likeness (QED) is 0.825. The van der Waals surface area contributed by atoms with Crippen molar-refractivity contribution in [1.82, 2.24) is 9.88 Å². The van der Waals surface area contributed by atoms with E-state index >= 15 is 0 Å². The maximum Gasteiger partial charge on any atom is 0.513 e. The molecule has 1 aliphatic rings. The number of hydrogen-bond acceptors (Lipinski definition) is 5. The number of carbonyl (C=O) groups is 1. The molecule has 0 amide bonds. The van der Waals surface area contributed by atoms with E-state index in [2.05, 4.69) is 26.8 Å². The van der Waals surface area contributed by atoms with Gasteiger partial charge in [-0.15, -0.1) is 12.4 Å². The lowest BCUT2D eigenvalue weighted by molar-refractivity contribution is 0.0791. The van der Waals surface area contributed by atoms with Crippen molar-refractivity contribution in [1.29, 1.82) is 0 Å². The number of ether oxygens (including phenoxy) is 2. The molecular formula is C17H21ClN2O4. The number of aliphatic hydroxyl groups is 1. The molecule has 0 aliphatic carbocycles. The van der Waals surface area contributed by atoms with Gasteiger partial charge in [-0.05, 0) is 18.1 Å². The Morgan fingerprint density at radius 3 is 2.96 bits per heavy atom. The highest BCUT2D eigenvalue weighted by Gasteiger charge is 2.22. The standard InChI is InChI=1S/C17H20N2O4.ClH/c1-22-17(21)23-16-11-19(9-7-15(16)20)8-6-12-10-18-14-5-3-2-4-13(12)14;/h2-5,10,18,20H,6-9,11H2,1H3;1H. The van der Waals surface area contributed by atoms with Crippen molar-refractivity contribution >= 4 is 29.5 Å². The van der Waals surface area contributed by atoms with Crippen LogP contribution in [0.3, 0.4) is 0 Å². The molecule has 7 heteroatoms. The Hall–Kier alpha value is -2.18. The fourth-order valence-corrected chi connectivity index (χ4v) is 2.82. The molecule has 1 aromatic heterocycles. The van der Waals surface area contributed by atoms with Gasteiger partial charge < -0.3 is 19.6 Å². The zero-order chi connectivity index (χ0) is 16.2. The molecular weight excluding hydrogens is 332 g/mol. The maximum atomic E-state index is 11.2. The summed E-state index contributed by atoms with van der Waals surface area (Å²) >= 11 is 0. The predicted octanol–water partition coefficient (Wildman–Crippen LogP) is 3.39. The highest BCUT2D eigenvalue weighted by molar-refractivity contribution is 5.85. The number of halogens is 1. The summed E-state index contributed by atoms with van der Waals surface area (Å²) in [4.78, 5) is 16.6. The van der Waals surface area contributed by atoms with Gasteiger partial charge >= 0.3 is 6.16 Å². The molecule has 1 aliphatic heterocycles. The highest BCUT2D eigenvalue weighted by Crippen LogP contribution is 2.21. The monoisotopic (exact) mass is 352 g/mol. The van der Waals surface area contributed by atoms with Gasteiger partial charge in [-0.3, -0.25) is 4.90 Å². The van der Waals surface area contributed by atoms with Crippen molar-refractivity contribution in [2.45, 2.75) is 12.8 Å². The van der Waals surface area contributed by atoms with E-state index in [1.165, 1.54) is 18.1 Å². The van der Waals surface area contributed by atoms with E-state index in [1.54, 1.807) is 0 Å². The third-order valence-electron chi connectivity index (χ3n) is 4.10. The van der Waals surface area contributed by atoms with E-state index in [0.717, 1.165) is 25.0 Å². The number of fused-ring (bicyclic) bond motifs is 1. The Kier molecular flexibility index (Phi) is 6.11.